The van der Waals surface area contributed by atoms with E-state index in [9.17, 15) is 18.4 Å². The molecule has 5 nitrogen and oxygen atoms in total. The lowest BCUT2D eigenvalue weighted by Gasteiger charge is -2.26. The van der Waals surface area contributed by atoms with Crippen molar-refractivity contribution in [3.63, 3.8) is 0 Å². The van der Waals surface area contributed by atoms with Gasteiger partial charge in [0.05, 0.1) is 5.56 Å². The molecule has 2 heterocycles. The van der Waals surface area contributed by atoms with Gasteiger partial charge in [-0.3, -0.25) is 9.59 Å². The van der Waals surface area contributed by atoms with Crippen molar-refractivity contribution in [3.05, 3.63) is 113 Å². The summed E-state index contributed by atoms with van der Waals surface area (Å²) in [6.07, 6.45) is 0.561. The molecule has 0 unspecified atom stereocenters. The summed E-state index contributed by atoms with van der Waals surface area (Å²) >= 11 is 0. The zero-order valence-electron chi connectivity index (χ0n) is 18.1. The van der Waals surface area contributed by atoms with Gasteiger partial charge in [-0.2, -0.15) is 0 Å². The Balaban J connectivity index is 1.33. The highest BCUT2D eigenvalue weighted by atomic mass is 19.1. The van der Waals surface area contributed by atoms with Gasteiger partial charge in [-0.25, -0.2) is 8.78 Å². The molecule has 0 radical (unpaired) electrons. The predicted octanol–water partition coefficient (Wildman–Crippen LogP) is 5.68. The van der Waals surface area contributed by atoms with Gasteiger partial charge < -0.3 is 14.6 Å². The molecule has 0 bridgehead atoms. The zero-order valence-corrected chi connectivity index (χ0v) is 18.1. The van der Waals surface area contributed by atoms with E-state index in [1.54, 1.807) is 29.2 Å². The van der Waals surface area contributed by atoms with Gasteiger partial charge in [-0.1, -0.05) is 24.3 Å². The number of furan rings is 1. The number of nitrogens with one attached hydrogen (secondary N) is 1. The summed E-state index contributed by atoms with van der Waals surface area (Å²) in [4.78, 5) is 26.9. The molecule has 170 valence electrons. The Hall–Kier alpha value is -4.26. The molecule has 3 aromatic carbocycles. The minimum Gasteiger partial charge on any atom is -0.461 e. The molecule has 0 saturated carbocycles. The number of anilines is 1. The van der Waals surface area contributed by atoms with Crippen LogP contribution < -0.4 is 5.32 Å². The molecule has 0 saturated heterocycles. The van der Waals surface area contributed by atoms with Crippen LogP contribution in [-0.2, 0) is 13.0 Å². The second kappa shape index (κ2) is 8.94. The highest BCUT2D eigenvalue weighted by molar-refractivity contribution is 6.04. The maximum atomic E-state index is 13.9. The van der Waals surface area contributed by atoms with Gasteiger partial charge in [0.25, 0.3) is 11.8 Å². The number of halogens is 2. The van der Waals surface area contributed by atoms with Gasteiger partial charge in [0.1, 0.15) is 23.2 Å². The smallest absolute Gasteiger partial charge is 0.258 e. The van der Waals surface area contributed by atoms with Crippen molar-refractivity contribution in [2.75, 3.05) is 11.9 Å². The molecule has 1 aliphatic heterocycles. The van der Waals surface area contributed by atoms with E-state index in [-0.39, 0.29) is 17.3 Å². The van der Waals surface area contributed by atoms with Crippen molar-refractivity contribution >= 4 is 17.5 Å². The number of fused-ring (bicyclic) bond motifs is 1. The van der Waals surface area contributed by atoms with Crippen LogP contribution in [-0.4, -0.2) is 23.3 Å². The van der Waals surface area contributed by atoms with Crippen LogP contribution in [0.5, 0.6) is 0 Å². The third-order valence-corrected chi connectivity index (χ3v) is 5.77. The fraction of sp³-hybridized carbons (Fsp3) is 0.111. The summed E-state index contributed by atoms with van der Waals surface area (Å²) in [6.45, 7) is 0.883. The molecule has 7 heteroatoms. The van der Waals surface area contributed by atoms with Crippen molar-refractivity contribution in [1.82, 2.24) is 4.90 Å². The van der Waals surface area contributed by atoms with Crippen LogP contribution in [0, 0.1) is 11.6 Å². The number of benzene rings is 3. The lowest BCUT2D eigenvalue weighted by molar-refractivity contribution is 0.0729. The minimum absolute atomic E-state index is 0.0349. The SMILES string of the molecule is O=C(Nc1cccc(-c2cc3c(o2)CCN(C(=O)c2ccc(F)cc2)C3)c1)c1ccccc1F. The van der Waals surface area contributed by atoms with Gasteiger partial charge in [0.15, 0.2) is 0 Å². The Kier molecular flexibility index (Phi) is 5.67. The van der Waals surface area contributed by atoms with Crippen molar-refractivity contribution in [2.45, 2.75) is 13.0 Å². The average molecular weight is 458 g/mol. The predicted molar refractivity (Wildman–Crippen MR) is 123 cm³/mol. The quantitative estimate of drug-likeness (QED) is 0.428. The topological polar surface area (TPSA) is 62.6 Å². The maximum absolute atomic E-state index is 13.9. The lowest BCUT2D eigenvalue weighted by Crippen LogP contribution is -2.35. The number of rotatable bonds is 4. The maximum Gasteiger partial charge on any atom is 0.258 e. The molecular weight excluding hydrogens is 438 g/mol. The number of hydrogen-bond acceptors (Lipinski definition) is 3. The van der Waals surface area contributed by atoms with Crippen LogP contribution in [0.3, 0.4) is 0 Å². The summed E-state index contributed by atoms with van der Waals surface area (Å²) in [7, 11) is 0. The number of hydrogen-bond donors (Lipinski definition) is 1. The van der Waals surface area contributed by atoms with Crippen molar-refractivity contribution in [2.24, 2.45) is 0 Å². The zero-order chi connectivity index (χ0) is 23.7. The monoisotopic (exact) mass is 458 g/mol. The second-order valence-corrected chi connectivity index (χ2v) is 8.06. The van der Waals surface area contributed by atoms with Gasteiger partial charge in [0, 0.05) is 41.9 Å². The largest absolute Gasteiger partial charge is 0.461 e. The van der Waals surface area contributed by atoms with Gasteiger partial charge in [0.2, 0.25) is 0 Å². The van der Waals surface area contributed by atoms with E-state index in [1.807, 2.05) is 12.1 Å². The Morgan fingerprint density at radius 2 is 1.71 bits per heavy atom. The molecule has 1 N–H and O–H groups in total. The third kappa shape index (κ3) is 4.32. The molecule has 34 heavy (non-hydrogen) atoms. The van der Waals surface area contributed by atoms with Crippen LogP contribution >= 0.6 is 0 Å². The number of nitrogens with zero attached hydrogens (tertiary/aromatic N) is 1. The molecule has 4 aromatic rings. The highest BCUT2D eigenvalue weighted by Crippen LogP contribution is 2.31. The number of amides is 2. The fourth-order valence-corrected chi connectivity index (χ4v) is 4.02. The van der Waals surface area contributed by atoms with Crippen molar-refractivity contribution in [3.8, 4) is 11.3 Å². The standard InChI is InChI=1S/C27H20F2N2O3/c28-20-10-8-17(9-11-20)27(33)31-13-12-24-19(16-31)15-25(34-24)18-4-3-5-21(14-18)30-26(32)22-6-1-2-7-23(22)29/h1-11,14-15H,12-13,16H2,(H,30,32). The first-order valence-electron chi connectivity index (χ1n) is 10.8. The summed E-state index contributed by atoms with van der Waals surface area (Å²) in [5.41, 5.74) is 2.56. The first kappa shape index (κ1) is 21.6. The first-order valence-corrected chi connectivity index (χ1v) is 10.8. The first-order chi connectivity index (χ1) is 16.5. The molecule has 0 fully saturated rings. The van der Waals surface area contributed by atoms with Crippen LogP contribution in [0.15, 0.2) is 83.3 Å². The molecular formula is C27H20F2N2O3. The van der Waals surface area contributed by atoms with E-state index in [2.05, 4.69) is 5.32 Å². The van der Waals surface area contributed by atoms with E-state index >= 15 is 0 Å². The molecule has 1 aliphatic rings. The Morgan fingerprint density at radius 1 is 0.912 bits per heavy atom. The van der Waals surface area contributed by atoms with Gasteiger partial charge >= 0.3 is 0 Å². The normalized spacial score (nSPS) is 12.8. The average Bonchev–Trinajstić information content (AvgIpc) is 3.28. The highest BCUT2D eigenvalue weighted by Gasteiger charge is 2.25. The van der Waals surface area contributed by atoms with Crippen molar-refractivity contribution in [1.29, 1.82) is 0 Å². The number of carbonyl (C=O) groups is 2. The van der Waals surface area contributed by atoms with E-state index in [0.29, 0.717) is 36.5 Å². The summed E-state index contributed by atoms with van der Waals surface area (Å²) in [5, 5.41) is 2.71. The molecule has 2 amide bonds. The minimum atomic E-state index is -0.588. The summed E-state index contributed by atoms with van der Waals surface area (Å²) < 4.78 is 33.1. The molecule has 1 aromatic heterocycles. The lowest BCUT2D eigenvalue weighted by atomic mass is 10.1. The van der Waals surface area contributed by atoms with E-state index in [1.165, 1.54) is 42.5 Å². The van der Waals surface area contributed by atoms with E-state index in [0.717, 1.165) is 16.9 Å². The third-order valence-electron chi connectivity index (χ3n) is 5.77. The van der Waals surface area contributed by atoms with Crippen LogP contribution in [0.2, 0.25) is 0 Å². The van der Waals surface area contributed by atoms with Crippen LogP contribution in [0.4, 0.5) is 14.5 Å². The Bertz CT molecular complexity index is 1380. The molecule has 0 aliphatic carbocycles. The summed E-state index contributed by atoms with van der Waals surface area (Å²) in [5.74, 6) is -0.254. The number of carbonyl (C=O) groups excluding carboxylic acids is 2. The molecule has 0 atom stereocenters. The van der Waals surface area contributed by atoms with Crippen LogP contribution in [0.1, 0.15) is 32.0 Å². The molecule has 0 spiro atoms. The van der Waals surface area contributed by atoms with E-state index < -0.39 is 11.7 Å². The van der Waals surface area contributed by atoms with Crippen LogP contribution in [0.25, 0.3) is 11.3 Å². The Morgan fingerprint density at radius 3 is 2.50 bits per heavy atom. The van der Waals surface area contributed by atoms with Gasteiger partial charge in [-0.15, -0.1) is 0 Å². The van der Waals surface area contributed by atoms with E-state index in [4.69, 9.17) is 4.42 Å². The Labute approximate surface area is 194 Å². The van der Waals surface area contributed by atoms with Gasteiger partial charge in [-0.05, 0) is 54.6 Å². The fourth-order valence-electron chi connectivity index (χ4n) is 4.02. The van der Waals surface area contributed by atoms with Crippen molar-refractivity contribution < 1.29 is 22.8 Å². The second-order valence-electron chi connectivity index (χ2n) is 8.06. The summed E-state index contributed by atoms with van der Waals surface area (Å²) in [6, 6.07) is 20.3. The molecule has 5 rings (SSSR count).